The van der Waals surface area contributed by atoms with E-state index in [-0.39, 0.29) is 18.2 Å². The summed E-state index contributed by atoms with van der Waals surface area (Å²) < 4.78 is 26.2. The number of halogens is 2. The van der Waals surface area contributed by atoms with Crippen LogP contribution >= 0.6 is 12.4 Å². The normalized spacial score (nSPS) is 22.6. The summed E-state index contributed by atoms with van der Waals surface area (Å²) in [5.74, 6) is -0.244. The molecule has 3 nitrogen and oxygen atoms in total. The molecule has 0 bridgehead atoms. The van der Waals surface area contributed by atoms with Gasteiger partial charge in [0, 0.05) is 12.0 Å². The Morgan fingerprint density at radius 2 is 1.71 bits per heavy atom. The predicted octanol–water partition coefficient (Wildman–Crippen LogP) is 2.19. The topological polar surface area (TPSA) is 30.5 Å². The molecular weight excluding hydrogens is 291 g/mol. The Balaban J connectivity index is 0.00000161. The van der Waals surface area contributed by atoms with Crippen LogP contribution in [-0.2, 0) is 22.3 Å². The molecule has 1 aromatic carbocycles. The summed E-state index contributed by atoms with van der Waals surface area (Å²) in [6.45, 7) is 9.58. The van der Waals surface area contributed by atoms with Gasteiger partial charge in [-0.3, -0.25) is 0 Å². The van der Waals surface area contributed by atoms with Crippen LogP contribution in [0.5, 0.6) is 0 Å². The summed E-state index contributed by atoms with van der Waals surface area (Å²) in [6, 6.07) is 3.52. The maximum absolute atomic E-state index is 14.3. The van der Waals surface area contributed by atoms with Crippen molar-refractivity contribution in [1.29, 1.82) is 0 Å². The van der Waals surface area contributed by atoms with Gasteiger partial charge in [0.25, 0.3) is 0 Å². The van der Waals surface area contributed by atoms with E-state index in [0.717, 1.165) is 25.1 Å². The molecule has 3 rings (SSSR count). The Hall–Kier alpha value is -0.615. The van der Waals surface area contributed by atoms with Crippen molar-refractivity contribution in [2.75, 3.05) is 6.54 Å². The molecule has 1 saturated heterocycles. The molecule has 0 saturated carbocycles. The molecule has 1 N–H and O–H groups in total. The molecule has 0 aromatic heterocycles. The molecule has 0 amide bonds. The van der Waals surface area contributed by atoms with Crippen molar-refractivity contribution < 1.29 is 13.7 Å². The third-order valence-electron chi connectivity index (χ3n) is 4.71. The van der Waals surface area contributed by atoms with Crippen molar-refractivity contribution in [1.82, 2.24) is 5.32 Å². The van der Waals surface area contributed by atoms with Gasteiger partial charge in [0.1, 0.15) is 5.82 Å². The predicted molar refractivity (Wildman–Crippen MR) is 84.8 cm³/mol. The van der Waals surface area contributed by atoms with E-state index in [9.17, 15) is 4.39 Å². The van der Waals surface area contributed by atoms with E-state index in [1.54, 1.807) is 6.07 Å². The van der Waals surface area contributed by atoms with Crippen molar-refractivity contribution in [2.45, 2.75) is 51.9 Å². The second kappa shape index (κ2) is 5.54. The van der Waals surface area contributed by atoms with Crippen LogP contribution in [0.2, 0.25) is 0 Å². The van der Waals surface area contributed by atoms with E-state index in [1.807, 2.05) is 33.8 Å². The first-order chi connectivity index (χ1) is 9.30. The lowest BCUT2D eigenvalue weighted by molar-refractivity contribution is 0.00578. The van der Waals surface area contributed by atoms with E-state index in [1.165, 1.54) is 5.56 Å². The quantitative estimate of drug-likeness (QED) is 0.806. The van der Waals surface area contributed by atoms with Gasteiger partial charge in [-0.2, -0.15) is 0 Å². The third kappa shape index (κ3) is 2.84. The molecule has 2 aliphatic heterocycles. The molecule has 116 valence electrons. The number of nitrogens with one attached hydrogen (secondary N) is 1. The summed E-state index contributed by atoms with van der Waals surface area (Å²) in [7, 11) is -0.625. The molecule has 2 aliphatic rings. The SMILES string of the molecule is CC1(C)OB(c2cc3c(cc2F)CNCC3)OC1(C)C.Cl. The smallest absolute Gasteiger partial charge is 0.399 e. The van der Waals surface area contributed by atoms with E-state index < -0.39 is 18.3 Å². The van der Waals surface area contributed by atoms with E-state index in [0.29, 0.717) is 5.46 Å². The highest BCUT2D eigenvalue weighted by Crippen LogP contribution is 2.36. The zero-order chi connectivity index (χ0) is 14.5. The first-order valence-corrected chi connectivity index (χ1v) is 7.18. The molecule has 0 aliphatic carbocycles. The fourth-order valence-corrected chi connectivity index (χ4v) is 2.67. The average Bonchev–Trinajstić information content (AvgIpc) is 2.57. The number of fused-ring (bicyclic) bond motifs is 1. The molecule has 1 aromatic rings. The fraction of sp³-hybridized carbons (Fsp3) is 0.600. The van der Waals surface area contributed by atoms with Crippen LogP contribution in [0.25, 0.3) is 0 Å². The first-order valence-electron chi connectivity index (χ1n) is 7.18. The molecular formula is C15H22BClFNO2. The van der Waals surface area contributed by atoms with Crippen LogP contribution in [-0.4, -0.2) is 24.9 Å². The lowest BCUT2D eigenvalue weighted by Crippen LogP contribution is -2.41. The van der Waals surface area contributed by atoms with E-state index in [2.05, 4.69) is 5.32 Å². The van der Waals surface area contributed by atoms with Gasteiger partial charge in [0.15, 0.2) is 0 Å². The van der Waals surface area contributed by atoms with Crippen LogP contribution < -0.4 is 10.8 Å². The van der Waals surface area contributed by atoms with Crippen LogP contribution in [0, 0.1) is 5.82 Å². The van der Waals surface area contributed by atoms with Gasteiger partial charge in [-0.15, -0.1) is 12.4 Å². The largest absolute Gasteiger partial charge is 0.497 e. The summed E-state index contributed by atoms with van der Waals surface area (Å²) in [5, 5.41) is 3.25. The Labute approximate surface area is 132 Å². The second-order valence-corrected chi connectivity index (χ2v) is 6.66. The molecule has 21 heavy (non-hydrogen) atoms. The fourth-order valence-electron chi connectivity index (χ4n) is 2.67. The van der Waals surface area contributed by atoms with Crippen molar-refractivity contribution in [3.8, 4) is 0 Å². The van der Waals surface area contributed by atoms with Gasteiger partial charge in [0.05, 0.1) is 11.2 Å². The minimum absolute atomic E-state index is 0. The molecule has 2 heterocycles. The number of benzene rings is 1. The molecule has 6 heteroatoms. The Kier molecular flexibility index (Phi) is 4.42. The summed E-state index contributed by atoms with van der Waals surface area (Å²) in [5.41, 5.74) is 1.86. The lowest BCUT2D eigenvalue weighted by atomic mass is 9.76. The summed E-state index contributed by atoms with van der Waals surface area (Å²) >= 11 is 0. The minimum atomic E-state index is -0.625. The Bertz CT molecular complexity index is 535. The van der Waals surface area contributed by atoms with Crippen molar-refractivity contribution >= 4 is 25.0 Å². The van der Waals surface area contributed by atoms with Gasteiger partial charge in [0.2, 0.25) is 0 Å². The number of hydrogen-bond donors (Lipinski definition) is 1. The highest BCUT2D eigenvalue weighted by Gasteiger charge is 2.52. The summed E-state index contributed by atoms with van der Waals surface area (Å²) in [6.07, 6.45) is 0.919. The highest BCUT2D eigenvalue weighted by atomic mass is 35.5. The van der Waals surface area contributed by atoms with Gasteiger partial charge >= 0.3 is 7.12 Å². The van der Waals surface area contributed by atoms with Crippen LogP contribution in [0.3, 0.4) is 0 Å². The Morgan fingerprint density at radius 1 is 1.10 bits per heavy atom. The van der Waals surface area contributed by atoms with Crippen LogP contribution in [0.1, 0.15) is 38.8 Å². The minimum Gasteiger partial charge on any atom is -0.399 e. The molecule has 0 spiro atoms. The van der Waals surface area contributed by atoms with Crippen LogP contribution in [0.4, 0.5) is 4.39 Å². The van der Waals surface area contributed by atoms with E-state index in [4.69, 9.17) is 9.31 Å². The third-order valence-corrected chi connectivity index (χ3v) is 4.71. The lowest BCUT2D eigenvalue weighted by Gasteiger charge is -2.32. The first kappa shape index (κ1) is 16.8. The van der Waals surface area contributed by atoms with Crippen molar-refractivity contribution in [3.63, 3.8) is 0 Å². The average molecular weight is 314 g/mol. The van der Waals surface area contributed by atoms with E-state index >= 15 is 0 Å². The monoisotopic (exact) mass is 313 g/mol. The highest BCUT2D eigenvalue weighted by molar-refractivity contribution is 6.62. The van der Waals surface area contributed by atoms with Crippen molar-refractivity contribution in [2.24, 2.45) is 0 Å². The Morgan fingerprint density at radius 3 is 2.33 bits per heavy atom. The molecule has 0 unspecified atom stereocenters. The van der Waals surface area contributed by atoms with Gasteiger partial charge in [-0.25, -0.2) is 4.39 Å². The standard InChI is InChI=1S/C15H21BFNO2.ClH/c1-14(2)15(3,4)20-16(19-14)12-7-10-5-6-18-9-11(10)8-13(12)17;/h7-8,18H,5-6,9H2,1-4H3;1H. The molecule has 0 atom stereocenters. The van der Waals surface area contributed by atoms with Crippen molar-refractivity contribution in [3.05, 3.63) is 29.1 Å². The molecule has 0 radical (unpaired) electrons. The van der Waals surface area contributed by atoms with Crippen LogP contribution in [0.15, 0.2) is 12.1 Å². The zero-order valence-corrected chi connectivity index (χ0v) is 13.8. The molecule has 1 fully saturated rings. The van der Waals surface area contributed by atoms with Gasteiger partial charge in [-0.05, 0) is 57.9 Å². The summed E-state index contributed by atoms with van der Waals surface area (Å²) in [4.78, 5) is 0. The van der Waals surface area contributed by atoms with Gasteiger partial charge < -0.3 is 14.6 Å². The number of rotatable bonds is 1. The van der Waals surface area contributed by atoms with Gasteiger partial charge in [-0.1, -0.05) is 6.07 Å². The number of hydrogen-bond acceptors (Lipinski definition) is 3. The maximum Gasteiger partial charge on any atom is 0.497 e. The zero-order valence-electron chi connectivity index (χ0n) is 13.0. The second-order valence-electron chi connectivity index (χ2n) is 6.66. The maximum atomic E-state index is 14.3.